The number of guanidine groups is 1. The molecule has 0 aliphatic heterocycles. The molecule has 0 saturated carbocycles. The van der Waals surface area contributed by atoms with E-state index >= 15 is 0 Å². The summed E-state index contributed by atoms with van der Waals surface area (Å²) in [5.74, 6) is -0.746. The molecular formula is C18H21FN4O. The molecule has 0 aliphatic carbocycles. The number of nitrogens with zero attached hydrogens (tertiary/aromatic N) is 1. The normalized spacial score (nSPS) is 11.2. The lowest BCUT2D eigenvalue weighted by Gasteiger charge is -2.08. The Morgan fingerprint density at radius 1 is 1.21 bits per heavy atom. The first kappa shape index (κ1) is 17.5. The Hall–Kier alpha value is -2.89. The topological polar surface area (TPSA) is 79.5 Å². The maximum atomic E-state index is 13.5. The zero-order chi connectivity index (χ0) is 17.4. The van der Waals surface area contributed by atoms with Crippen LogP contribution in [-0.4, -0.2) is 25.0 Å². The van der Waals surface area contributed by atoms with Gasteiger partial charge in [0, 0.05) is 12.2 Å². The molecule has 0 fully saturated rings. The number of benzene rings is 2. The van der Waals surface area contributed by atoms with Crippen molar-refractivity contribution in [2.24, 2.45) is 10.7 Å². The van der Waals surface area contributed by atoms with E-state index in [4.69, 9.17) is 5.73 Å². The van der Waals surface area contributed by atoms with E-state index in [1.807, 2.05) is 24.3 Å². The number of aryl methyl sites for hydroxylation is 1. The number of nitrogens with two attached hydrogens (primary N) is 1. The van der Waals surface area contributed by atoms with Crippen LogP contribution < -0.4 is 16.4 Å². The maximum absolute atomic E-state index is 13.5. The van der Waals surface area contributed by atoms with Gasteiger partial charge in [-0.25, -0.2) is 4.39 Å². The molecule has 0 radical (unpaired) electrons. The summed E-state index contributed by atoms with van der Waals surface area (Å²) >= 11 is 0. The number of carbonyl (C=O) groups excluding carboxylic acids is 1. The van der Waals surface area contributed by atoms with Crippen molar-refractivity contribution in [2.45, 2.75) is 13.3 Å². The number of carbonyl (C=O) groups is 1. The third-order valence-corrected chi connectivity index (χ3v) is 3.41. The Bertz CT molecular complexity index is 730. The highest BCUT2D eigenvalue weighted by Gasteiger charge is 2.09. The summed E-state index contributed by atoms with van der Waals surface area (Å²) in [4.78, 5) is 16.0. The summed E-state index contributed by atoms with van der Waals surface area (Å²) in [7, 11) is 0. The van der Waals surface area contributed by atoms with Crippen LogP contribution in [0.15, 0.2) is 53.5 Å². The van der Waals surface area contributed by atoms with Crippen LogP contribution in [-0.2, 0) is 6.42 Å². The van der Waals surface area contributed by atoms with Gasteiger partial charge >= 0.3 is 0 Å². The van der Waals surface area contributed by atoms with Crippen molar-refractivity contribution in [1.29, 1.82) is 0 Å². The van der Waals surface area contributed by atoms with Gasteiger partial charge in [-0.2, -0.15) is 0 Å². The number of anilines is 1. The Kier molecular flexibility index (Phi) is 6.31. The van der Waals surface area contributed by atoms with E-state index in [-0.39, 0.29) is 18.1 Å². The number of nitrogens with one attached hydrogen (secondary N) is 2. The predicted molar refractivity (Wildman–Crippen MR) is 94.7 cm³/mol. The van der Waals surface area contributed by atoms with Crippen molar-refractivity contribution < 1.29 is 9.18 Å². The highest BCUT2D eigenvalue weighted by atomic mass is 19.1. The van der Waals surface area contributed by atoms with Crippen LogP contribution in [0, 0.1) is 5.82 Å². The molecule has 126 valence electrons. The van der Waals surface area contributed by atoms with Gasteiger partial charge in [0.15, 0.2) is 5.96 Å². The fraction of sp³-hybridized carbons (Fsp3) is 0.222. The second-order valence-electron chi connectivity index (χ2n) is 5.18. The van der Waals surface area contributed by atoms with Gasteiger partial charge in [-0.3, -0.25) is 9.79 Å². The van der Waals surface area contributed by atoms with Crippen molar-refractivity contribution >= 4 is 17.6 Å². The van der Waals surface area contributed by atoms with Gasteiger partial charge in [-0.15, -0.1) is 0 Å². The second kappa shape index (κ2) is 8.67. The molecule has 0 saturated heterocycles. The largest absolute Gasteiger partial charge is 0.370 e. The molecule has 0 unspecified atom stereocenters. The van der Waals surface area contributed by atoms with E-state index in [1.54, 1.807) is 6.07 Å². The lowest BCUT2D eigenvalue weighted by Crippen LogP contribution is -2.29. The molecule has 6 heteroatoms. The molecule has 0 heterocycles. The molecule has 0 atom stereocenters. The fourth-order valence-corrected chi connectivity index (χ4v) is 2.14. The van der Waals surface area contributed by atoms with E-state index in [1.165, 1.54) is 23.8 Å². The SMILES string of the molecule is CCc1cccc(NC(N)=NCCNC(=O)c2ccccc2F)c1. The highest BCUT2D eigenvalue weighted by Crippen LogP contribution is 2.10. The molecule has 1 amide bonds. The molecule has 5 nitrogen and oxygen atoms in total. The van der Waals surface area contributed by atoms with Gasteiger partial charge in [0.25, 0.3) is 5.91 Å². The molecular weight excluding hydrogens is 307 g/mol. The zero-order valence-corrected chi connectivity index (χ0v) is 13.6. The minimum Gasteiger partial charge on any atom is -0.370 e. The average molecular weight is 328 g/mol. The van der Waals surface area contributed by atoms with Gasteiger partial charge in [0.2, 0.25) is 0 Å². The molecule has 2 aromatic rings. The third-order valence-electron chi connectivity index (χ3n) is 3.41. The van der Waals surface area contributed by atoms with Crippen molar-refractivity contribution in [3.8, 4) is 0 Å². The van der Waals surface area contributed by atoms with E-state index in [0.717, 1.165) is 12.1 Å². The van der Waals surface area contributed by atoms with Crippen LogP contribution in [0.3, 0.4) is 0 Å². The van der Waals surface area contributed by atoms with Crippen LogP contribution in [0.25, 0.3) is 0 Å². The van der Waals surface area contributed by atoms with Crippen LogP contribution in [0.2, 0.25) is 0 Å². The molecule has 0 aliphatic rings. The fourth-order valence-electron chi connectivity index (χ4n) is 2.14. The van der Waals surface area contributed by atoms with Crippen molar-refractivity contribution in [3.63, 3.8) is 0 Å². The predicted octanol–water partition coefficient (Wildman–Crippen LogP) is 2.54. The summed E-state index contributed by atoms with van der Waals surface area (Å²) < 4.78 is 13.5. The van der Waals surface area contributed by atoms with Crippen LogP contribution in [0.5, 0.6) is 0 Å². The van der Waals surface area contributed by atoms with Gasteiger partial charge in [0.05, 0.1) is 12.1 Å². The number of hydrogen-bond acceptors (Lipinski definition) is 2. The van der Waals surface area contributed by atoms with E-state index in [0.29, 0.717) is 6.54 Å². The second-order valence-corrected chi connectivity index (χ2v) is 5.18. The summed E-state index contributed by atoms with van der Waals surface area (Å²) in [6.45, 7) is 2.64. The van der Waals surface area contributed by atoms with Crippen LogP contribution in [0.1, 0.15) is 22.8 Å². The van der Waals surface area contributed by atoms with Crippen LogP contribution >= 0.6 is 0 Å². The first-order chi connectivity index (χ1) is 11.6. The van der Waals surface area contributed by atoms with Gasteiger partial charge in [0.1, 0.15) is 5.82 Å². The van der Waals surface area contributed by atoms with Crippen LogP contribution in [0.4, 0.5) is 10.1 Å². The van der Waals surface area contributed by atoms with Crippen molar-refractivity contribution in [1.82, 2.24) is 5.32 Å². The minimum atomic E-state index is -0.546. The van der Waals surface area contributed by atoms with E-state index in [9.17, 15) is 9.18 Å². The van der Waals surface area contributed by atoms with E-state index in [2.05, 4.69) is 22.5 Å². The Balaban J connectivity index is 1.81. The van der Waals surface area contributed by atoms with E-state index < -0.39 is 11.7 Å². The summed E-state index contributed by atoms with van der Waals surface area (Å²) in [6, 6.07) is 13.7. The number of aliphatic imine (C=N–C) groups is 1. The number of amides is 1. The Labute approximate surface area is 140 Å². The standard InChI is InChI=1S/C18H21FN4O/c1-2-13-6-5-7-14(12-13)23-18(20)22-11-10-21-17(24)15-8-3-4-9-16(15)19/h3-9,12H,2,10-11H2,1H3,(H,21,24)(H3,20,22,23). The first-order valence-electron chi connectivity index (χ1n) is 7.78. The third kappa shape index (κ3) is 5.08. The van der Waals surface area contributed by atoms with Gasteiger partial charge in [-0.1, -0.05) is 31.2 Å². The molecule has 0 spiro atoms. The molecule has 2 aromatic carbocycles. The molecule has 0 aromatic heterocycles. The average Bonchev–Trinajstić information content (AvgIpc) is 2.59. The Morgan fingerprint density at radius 3 is 2.75 bits per heavy atom. The molecule has 24 heavy (non-hydrogen) atoms. The number of halogens is 1. The first-order valence-corrected chi connectivity index (χ1v) is 7.78. The molecule has 4 N–H and O–H groups in total. The Morgan fingerprint density at radius 2 is 2.00 bits per heavy atom. The quantitative estimate of drug-likeness (QED) is 0.433. The van der Waals surface area contributed by atoms with Gasteiger partial charge in [-0.05, 0) is 36.2 Å². The number of hydrogen-bond donors (Lipinski definition) is 3. The highest BCUT2D eigenvalue weighted by molar-refractivity contribution is 5.94. The summed E-state index contributed by atoms with van der Waals surface area (Å²) in [5, 5.41) is 5.61. The monoisotopic (exact) mass is 328 g/mol. The summed E-state index contributed by atoms with van der Waals surface area (Å²) in [6.07, 6.45) is 0.939. The maximum Gasteiger partial charge on any atom is 0.254 e. The molecule has 0 bridgehead atoms. The zero-order valence-electron chi connectivity index (χ0n) is 13.6. The number of rotatable bonds is 6. The lowest BCUT2D eigenvalue weighted by atomic mass is 10.1. The van der Waals surface area contributed by atoms with Crippen molar-refractivity contribution in [2.75, 3.05) is 18.4 Å². The molecule has 2 rings (SSSR count). The summed E-state index contributed by atoms with van der Waals surface area (Å²) in [5.41, 5.74) is 7.90. The minimum absolute atomic E-state index is 0.0176. The smallest absolute Gasteiger partial charge is 0.254 e. The lowest BCUT2D eigenvalue weighted by molar-refractivity contribution is 0.0951. The van der Waals surface area contributed by atoms with Gasteiger partial charge < -0.3 is 16.4 Å². The van der Waals surface area contributed by atoms with Crippen molar-refractivity contribution in [3.05, 3.63) is 65.5 Å².